The summed E-state index contributed by atoms with van der Waals surface area (Å²) in [5.74, 6) is 0.630. The van der Waals surface area contributed by atoms with Gasteiger partial charge in [-0.05, 0) is 31.4 Å². The van der Waals surface area contributed by atoms with Crippen molar-refractivity contribution >= 4 is 0 Å². The molecule has 1 atom stereocenters. The number of halogens is 1. The lowest BCUT2D eigenvalue weighted by Gasteiger charge is -2.16. The summed E-state index contributed by atoms with van der Waals surface area (Å²) >= 11 is 0. The first-order chi connectivity index (χ1) is 9.66. The standard InChI is InChI=1S/C16H24FNO2/c1-12(2)9-18-10-13-5-3-7-15(17)16(13)20-11-14-6-4-8-19-14/h3,5,7,12,14,18H,4,6,8-11H2,1-2H3. The maximum Gasteiger partial charge on any atom is 0.165 e. The highest BCUT2D eigenvalue weighted by atomic mass is 19.1. The van der Waals surface area contributed by atoms with Crippen LogP contribution in [0.25, 0.3) is 0 Å². The first-order valence-corrected chi connectivity index (χ1v) is 7.39. The molecule has 0 bridgehead atoms. The molecule has 0 radical (unpaired) electrons. The predicted octanol–water partition coefficient (Wildman–Crippen LogP) is 3.13. The van der Waals surface area contributed by atoms with Gasteiger partial charge in [-0.2, -0.15) is 0 Å². The van der Waals surface area contributed by atoms with Gasteiger partial charge in [0.05, 0.1) is 6.10 Å². The third-order valence-corrected chi connectivity index (χ3v) is 3.35. The average molecular weight is 281 g/mol. The molecule has 1 aliphatic heterocycles. The minimum absolute atomic E-state index is 0.103. The summed E-state index contributed by atoms with van der Waals surface area (Å²) in [5, 5.41) is 3.32. The molecular weight excluding hydrogens is 257 g/mol. The monoisotopic (exact) mass is 281 g/mol. The zero-order chi connectivity index (χ0) is 14.4. The second kappa shape index (κ2) is 7.60. The molecule has 1 heterocycles. The van der Waals surface area contributed by atoms with Crippen molar-refractivity contribution in [3.8, 4) is 5.75 Å². The smallest absolute Gasteiger partial charge is 0.165 e. The third kappa shape index (κ3) is 4.46. The van der Waals surface area contributed by atoms with Crippen LogP contribution in [0.15, 0.2) is 18.2 Å². The summed E-state index contributed by atoms with van der Waals surface area (Å²) in [5.41, 5.74) is 0.864. The summed E-state index contributed by atoms with van der Waals surface area (Å²) in [4.78, 5) is 0. The molecule has 1 aliphatic rings. The molecule has 0 aliphatic carbocycles. The van der Waals surface area contributed by atoms with E-state index in [1.807, 2.05) is 6.07 Å². The van der Waals surface area contributed by atoms with Gasteiger partial charge in [-0.1, -0.05) is 26.0 Å². The molecule has 0 spiro atoms. The van der Waals surface area contributed by atoms with Gasteiger partial charge in [0.1, 0.15) is 6.61 Å². The lowest BCUT2D eigenvalue weighted by atomic mass is 10.1. The topological polar surface area (TPSA) is 30.5 Å². The third-order valence-electron chi connectivity index (χ3n) is 3.35. The SMILES string of the molecule is CC(C)CNCc1cccc(F)c1OCC1CCCO1. The molecular formula is C16H24FNO2. The predicted molar refractivity (Wildman–Crippen MR) is 77.4 cm³/mol. The van der Waals surface area contributed by atoms with Crippen LogP contribution >= 0.6 is 0 Å². The van der Waals surface area contributed by atoms with E-state index < -0.39 is 0 Å². The molecule has 1 N–H and O–H groups in total. The molecule has 3 nitrogen and oxygen atoms in total. The van der Waals surface area contributed by atoms with Crippen molar-refractivity contribution in [2.75, 3.05) is 19.8 Å². The van der Waals surface area contributed by atoms with Gasteiger partial charge in [-0.15, -0.1) is 0 Å². The van der Waals surface area contributed by atoms with E-state index in [9.17, 15) is 4.39 Å². The fourth-order valence-corrected chi connectivity index (χ4v) is 2.30. The summed E-state index contributed by atoms with van der Waals surface area (Å²) in [7, 11) is 0. The van der Waals surface area contributed by atoms with Crippen molar-refractivity contribution in [2.24, 2.45) is 5.92 Å². The number of ether oxygens (including phenoxy) is 2. The van der Waals surface area contributed by atoms with Crippen LogP contribution < -0.4 is 10.1 Å². The van der Waals surface area contributed by atoms with E-state index in [0.717, 1.165) is 31.6 Å². The van der Waals surface area contributed by atoms with Crippen LogP contribution in [-0.4, -0.2) is 25.9 Å². The van der Waals surface area contributed by atoms with E-state index >= 15 is 0 Å². The Morgan fingerprint density at radius 3 is 3.00 bits per heavy atom. The van der Waals surface area contributed by atoms with Crippen LogP contribution in [0.1, 0.15) is 32.3 Å². The van der Waals surface area contributed by atoms with E-state index in [1.54, 1.807) is 6.07 Å². The van der Waals surface area contributed by atoms with Gasteiger partial charge in [-0.25, -0.2) is 4.39 Å². The number of rotatable bonds is 7. The van der Waals surface area contributed by atoms with Crippen molar-refractivity contribution in [3.05, 3.63) is 29.6 Å². The van der Waals surface area contributed by atoms with E-state index in [-0.39, 0.29) is 11.9 Å². The lowest BCUT2D eigenvalue weighted by molar-refractivity contribution is 0.0661. The Hall–Kier alpha value is -1.13. The zero-order valence-electron chi connectivity index (χ0n) is 12.3. The first kappa shape index (κ1) is 15.3. The van der Waals surface area contributed by atoms with Crippen molar-refractivity contribution in [1.82, 2.24) is 5.32 Å². The van der Waals surface area contributed by atoms with Gasteiger partial charge in [-0.3, -0.25) is 0 Å². The Kier molecular flexibility index (Phi) is 5.80. The highest BCUT2D eigenvalue weighted by Crippen LogP contribution is 2.24. The van der Waals surface area contributed by atoms with Crippen LogP contribution in [0.5, 0.6) is 5.75 Å². The average Bonchev–Trinajstić information content (AvgIpc) is 2.90. The molecule has 112 valence electrons. The molecule has 0 amide bonds. The Balaban J connectivity index is 1.94. The van der Waals surface area contributed by atoms with Gasteiger partial charge < -0.3 is 14.8 Å². The number of nitrogens with one attached hydrogen (secondary N) is 1. The van der Waals surface area contributed by atoms with Crippen LogP contribution in [0, 0.1) is 11.7 Å². The summed E-state index contributed by atoms with van der Waals surface area (Å²) in [6.45, 7) is 7.03. The normalized spacial score (nSPS) is 18.7. The Bertz CT molecular complexity index is 417. The van der Waals surface area contributed by atoms with E-state index in [0.29, 0.717) is 24.8 Å². The highest BCUT2D eigenvalue weighted by molar-refractivity contribution is 5.35. The van der Waals surface area contributed by atoms with E-state index in [4.69, 9.17) is 9.47 Å². The summed E-state index contributed by atoms with van der Waals surface area (Å²) in [6, 6.07) is 5.07. The molecule has 1 unspecified atom stereocenters. The fourth-order valence-electron chi connectivity index (χ4n) is 2.30. The Labute approximate surface area is 120 Å². The molecule has 0 saturated carbocycles. The van der Waals surface area contributed by atoms with Crippen LogP contribution in [0.4, 0.5) is 4.39 Å². The second-order valence-corrected chi connectivity index (χ2v) is 5.70. The molecule has 1 aromatic rings. The van der Waals surface area contributed by atoms with E-state index in [1.165, 1.54) is 6.07 Å². The minimum atomic E-state index is -0.299. The van der Waals surface area contributed by atoms with Crippen molar-refractivity contribution < 1.29 is 13.9 Å². The van der Waals surface area contributed by atoms with Crippen molar-refractivity contribution in [3.63, 3.8) is 0 Å². The molecule has 0 aromatic heterocycles. The molecule has 20 heavy (non-hydrogen) atoms. The van der Waals surface area contributed by atoms with Crippen LogP contribution in [-0.2, 0) is 11.3 Å². The number of para-hydroxylation sites is 1. The molecule has 1 aromatic carbocycles. The molecule has 2 rings (SSSR count). The summed E-state index contributed by atoms with van der Waals surface area (Å²) in [6.07, 6.45) is 2.16. The maximum absolute atomic E-state index is 13.9. The molecule has 1 fully saturated rings. The van der Waals surface area contributed by atoms with Gasteiger partial charge >= 0.3 is 0 Å². The van der Waals surface area contributed by atoms with Crippen molar-refractivity contribution in [1.29, 1.82) is 0 Å². The lowest BCUT2D eigenvalue weighted by Crippen LogP contribution is -2.21. The molecule has 4 heteroatoms. The quantitative estimate of drug-likeness (QED) is 0.833. The Morgan fingerprint density at radius 1 is 1.45 bits per heavy atom. The number of hydrogen-bond acceptors (Lipinski definition) is 3. The number of hydrogen-bond donors (Lipinski definition) is 1. The Morgan fingerprint density at radius 2 is 2.30 bits per heavy atom. The zero-order valence-corrected chi connectivity index (χ0v) is 12.3. The first-order valence-electron chi connectivity index (χ1n) is 7.39. The fraction of sp³-hybridized carbons (Fsp3) is 0.625. The largest absolute Gasteiger partial charge is 0.487 e. The van der Waals surface area contributed by atoms with Gasteiger partial charge in [0.25, 0.3) is 0 Å². The maximum atomic E-state index is 13.9. The second-order valence-electron chi connectivity index (χ2n) is 5.70. The van der Waals surface area contributed by atoms with Crippen LogP contribution in [0.2, 0.25) is 0 Å². The molecule has 1 saturated heterocycles. The highest BCUT2D eigenvalue weighted by Gasteiger charge is 2.18. The van der Waals surface area contributed by atoms with Gasteiger partial charge in [0.15, 0.2) is 11.6 Å². The van der Waals surface area contributed by atoms with Gasteiger partial charge in [0.2, 0.25) is 0 Å². The van der Waals surface area contributed by atoms with E-state index in [2.05, 4.69) is 19.2 Å². The summed E-state index contributed by atoms with van der Waals surface area (Å²) < 4.78 is 25.1. The number of benzene rings is 1. The van der Waals surface area contributed by atoms with Gasteiger partial charge in [0, 0.05) is 18.7 Å². The minimum Gasteiger partial charge on any atom is -0.487 e. The van der Waals surface area contributed by atoms with Crippen LogP contribution in [0.3, 0.4) is 0 Å². The van der Waals surface area contributed by atoms with Crippen molar-refractivity contribution in [2.45, 2.75) is 39.3 Å².